The lowest BCUT2D eigenvalue weighted by Gasteiger charge is -2.32. The van der Waals surface area contributed by atoms with E-state index >= 15 is 0 Å². The molecule has 0 atom stereocenters. The Morgan fingerprint density at radius 3 is 2.75 bits per heavy atom. The van der Waals surface area contributed by atoms with Crippen LogP contribution < -0.4 is 15.4 Å². The van der Waals surface area contributed by atoms with Crippen LogP contribution in [0.25, 0.3) is 0 Å². The number of amides is 1. The van der Waals surface area contributed by atoms with Gasteiger partial charge in [-0.05, 0) is 55.8 Å². The van der Waals surface area contributed by atoms with Crippen LogP contribution in [0.1, 0.15) is 31.2 Å². The first-order valence-electron chi connectivity index (χ1n) is 9.08. The summed E-state index contributed by atoms with van der Waals surface area (Å²) in [5.41, 5.74) is 1.06. The molecule has 24 heavy (non-hydrogen) atoms. The molecule has 0 spiro atoms. The van der Waals surface area contributed by atoms with Crippen molar-refractivity contribution in [1.82, 2.24) is 15.5 Å². The molecule has 2 aliphatic rings. The molecule has 0 bridgehead atoms. The Morgan fingerprint density at radius 2 is 2.04 bits per heavy atom. The zero-order valence-electron chi connectivity index (χ0n) is 14.6. The van der Waals surface area contributed by atoms with Gasteiger partial charge in [0.05, 0.1) is 13.7 Å². The fourth-order valence-electron chi connectivity index (χ4n) is 3.19. The van der Waals surface area contributed by atoms with E-state index in [1.165, 1.54) is 19.4 Å². The molecule has 1 aromatic rings. The second-order valence-electron chi connectivity index (χ2n) is 7.03. The molecule has 1 amide bonds. The molecule has 1 aromatic carbocycles. The molecule has 2 N–H and O–H groups in total. The third kappa shape index (κ3) is 5.49. The SMILES string of the molecule is COc1cccc(CNC(=O)CN2CCC(NCC3CC3)CC2)c1. The molecular formula is C19H29N3O2. The molecule has 1 aliphatic carbocycles. The van der Waals surface area contributed by atoms with Gasteiger partial charge >= 0.3 is 0 Å². The van der Waals surface area contributed by atoms with Crippen LogP contribution in [0, 0.1) is 5.92 Å². The van der Waals surface area contributed by atoms with Gasteiger partial charge in [-0.3, -0.25) is 9.69 Å². The molecule has 5 nitrogen and oxygen atoms in total. The number of methoxy groups -OCH3 is 1. The van der Waals surface area contributed by atoms with Gasteiger partial charge in [0.2, 0.25) is 5.91 Å². The lowest BCUT2D eigenvalue weighted by molar-refractivity contribution is -0.122. The van der Waals surface area contributed by atoms with Gasteiger partial charge in [0.25, 0.3) is 0 Å². The molecule has 132 valence electrons. The number of piperidine rings is 1. The normalized spacial score (nSPS) is 19.2. The van der Waals surface area contributed by atoms with Gasteiger partial charge < -0.3 is 15.4 Å². The quantitative estimate of drug-likeness (QED) is 0.762. The lowest BCUT2D eigenvalue weighted by Crippen LogP contribution is -2.46. The van der Waals surface area contributed by atoms with Gasteiger partial charge in [-0.2, -0.15) is 0 Å². The monoisotopic (exact) mass is 331 g/mol. The number of rotatable bonds is 8. The Balaban J connectivity index is 1.33. The standard InChI is InChI=1S/C19H29N3O2/c1-24-18-4-2-3-16(11-18)13-21-19(23)14-22-9-7-17(8-10-22)20-12-15-5-6-15/h2-4,11,15,17,20H,5-10,12-14H2,1H3,(H,21,23). The number of hydrogen-bond donors (Lipinski definition) is 2. The van der Waals surface area contributed by atoms with E-state index in [0.717, 1.165) is 43.2 Å². The molecule has 1 saturated heterocycles. The minimum Gasteiger partial charge on any atom is -0.497 e. The van der Waals surface area contributed by atoms with Crippen LogP contribution in [0.15, 0.2) is 24.3 Å². The Hall–Kier alpha value is -1.59. The van der Waals surface area contributed by atoms with E-state index in [-0.39, 0.29) is 5.91 Å². The summed E-state index contributed by atoms with van der Waals surface area (Å²) in [6.07, 6.45) is 5.10. The van der Waals surface area contributed by atoms with Crippen LogP contribution in [0.4, 0.5) is 0 Å². The van der Waals surface area contributed by atoms with E-state index in [4.69, 9.17) is 4.74 Å². The predicted molar refractivity (Wildman–Crippen MR) is 95.0 cm³/mol. The first kappa shape index (κ1) is 17.2. The summed E-state index contributed by atoms with van der Waals surface area (Å²) in [6, 6.07) is 8.45. The Morgan fingerprint density at radius 1 is 1.25 bits per heavy atom. The van der Waals surface area contributed by atoms with E-state index in [9.17, 15) is 4.79 Å². The average Bonchev–Trinajstić information content (AvgIpc) is 3.44. The molecule has 0 radical (unpaired) electrons. The van der Waals surface area contributed by atoms with E-state index in [1.807, 2.05) is 24.3 Å². The van der Waals surface area contributed by atoms with Crippen LogP contribution in [-0.4, -0.2) is 50.1 Å². The highest BCUT2D eigenvalue weighted by atomic mass is 16.5. The highest BCUT2D eigenvalue weighted by molar-refractivity contribution is 5.78. The Labute approximate surface area is 144 Å². The van der Waals surface area contributed by atoms with Crippen LogP contribution in [-0.2, 0) is 11.3 Å². The maximum Gasteiger partial charge on any atom is 0.234 e. The van der Waals surface area contributed by atoms with Crippen molar-refractivity contribution in [3.63, 3.8) is 0 Å². The molecule has 1 aliphatic heterocycles. The fourth-order valence-corrected chi connectivity index (χ4v) is 3.19. The lowest BCUT2D eigenvalue weighted by atomic mass is 10.0. The van der Waals surface area contributed by atoms with Gasteiger partial charge in [0.15, 0.2) is 0 Å². The maximum absolute atomic E-state index is 12.1. The summed E-state index contributed by atoms with van der Waals surface area (Å²) in [6.45, 7) is 4.25. The molecule has 1 saturated carbocycles. The smallest absolute Gasteiger partial charge is 0.234 e. The van der Waals surface area contributed by atoms with E-state index in [1.54, 1.807) is 7.11 Å². The molecule has 2 fully saturated rings. The van der Waals surface area contributed by atoms with Crippen LogP contribution >= 0.6 is 0 Å². The fraction of sp³-hybridized carbons (Fsp3) is 0.632. The van der Waals surface area contributed by atoms with E-state index in [2.05, 4.69) is 15.5 Å². The third-order valence-corrected chi connectivity index (χ3v) is 4.97. The molecule has 0 unspecified atom stereocenters. The van der Waals surface area contributed by atoms with E-state index in [0.29, 0.717) is 19.1 Å². The van der Waals surface area contributed by atoms with Gasteiger partial charge in [-0.15, -0.1) is 0 Å². The number of nitrogens with zero attached hydrogens (tertiary/aromatic N) is 1. The number of likely N-dealkylation sites (tertiary alicyclic amines) is 1. The maximum atomic E-state index is 12.1. The van der Waals surface area contributed by atoms with Crippen LogP contribution in [0.5, 0.6) is 5.75 Å². The van der Waals surface area contributed by atoms with Crippen molar-refractivity contribution in [2.75, 3.05) is 33.3 Å². The number of carbonyl (C=O) groups is 1. The average molecular weight is 331 g/mol. The summed E-state index contributed by atoms with van der Waals surface area (Å²) >= 11 is 0. The Kier molecular flexibility index (Phi) is 6.10. The van der Waals surface area contributed by atoms with Crippen molar-refractivity contribution >= 4 is 5.91 Å². The third-order valence-electron chi connectivity index (χ3n) is 4.97. The predicted octanol–water partition coefficient (Wildman–Crippen LogP) is 1.78. The van der Waals surface area contributed by atoms with Crippen LogP contribution in [0.3, 0.4) is 0 Å². The topological polar surface area (TPSA) is 53.6 Å². The van der Waals surface area contributed by atoms with Crippen molar-refractivity contribution in [2.24, 2.45) is 5.92 Å². The van der Waals surface area contributed by atoms with Crippen molar-refractivity contribution in [3.8, 4) is 5.75 Å². The summed E-state index contributed by atoms with van der Waals surface area (Å²) in [7, 11) is 1.65. The second-order valence-corrected chi connectivity index (χ2v) is 7.03. The van der Waals surface area contributed by atoms with Crippen molar-refractivity contribution < 1.29 is 9.53 Å². The zero-order valence-corrected chi connectivity index (χ0v) is 14.6. The van der Waals surface area contributed by atoms with Crippen molar-refractivity contribution in [2.45, 2.75) is 38.3 Å². The van der Waals surface area contributed by atoms with Gasteiger partial charge in [0, 0.05) is 25.7 Å². The first-order chi connectivity index (χ1) is 11.7. The molecule has 1 heterocycles. The van der Waals surface area contributed by atoms with Crippen molar-refractivity contribution in [3.05, 3.63) is 29.8 Å². The molecule has 0 aromatic heterocycles. The summed E-state index contributed by atoms with van der Waals surface area (Å²) in [5, 5.41) is 6.68. The zero-order chi connectivity index (χ0) is 16.8. The number of carbonyl (C=O) groups excluding carboxylic acids is 1. The van der Waals surface area contributed by atoms with Crippen molar-refractivity contribution in [1.29, 1.82) is 0 Å². The van der Waals surface area contributed by atoms with E-state index < -0.39 is 0 Å². The molecular weight excluding hydrogens is 302 g/mol. The number of nitrogens with one attached hydrogen (secondary N) is 2. The van der Waals surface area contributed by atoms with Gasteiger partial charge in [-0.1, -0.05) is 12.1 Å². The number of benzene rings is 1. The second kappa shape index (κ2) is 8.49. The van der Waals surface area contributed by atoms with Gasteiger partial charge in [-0.25, -0.2) is 0 Å². The highest BCUT2D eigenvalue weighted by Gasteiger charge is 2.24. The van der Waals surface area contributed by atoms with Gasteiger partial charge in [0.1, 0.15) is 5.75 Å². The number of ether oxygens (including phenoxy) is 1. The molecule has 3 rings (SSSR count). The summed E-state index contributed by atoms with van der Waals surface area (Å²) in [4.78, 5) is 14.4. The summed E-state index contributed by atoms with van der Waals surface area (Å²) < 4.78 is 5.20. The Bertz CT molecular complexity index is 537. The highest BCUT2D eigenvalue weighted by Crippen LogP contribution is 2.28. The number of hydrogen-bond acceptors (Lipinski definition) is 4. The minimum absolute atomic E-state index is 0.0993. The largest absolute Gasteiger partial charge is 0.497 e. The summed E-state index contributed by atoms with van der Waals surface area (Å²) in [5.74, 6) is 1.86. The first-order valence-corrected chi connectivity index (χ1v) is 9.08. The molecule has 5 heteroatoms. The minimum atomic E-state index is 0.0993. The van der Waals surface area contributed by atoms with Crippen LogP contribution in [0.2, 0.25) is 0 Å².